The first kappa shape index (κ1) is 15.0. The van der Waals surface area contributed by atoms with E-state index in [1.165, 1.54) is 11.6 Å². The first-order valence-electron chi connectivity index (χ1n) is 7.12. The summed E-state index contributed by atoms with van der Waals surface area (Å²) < 4.78 is 0. The van der Waals surface area contributed by atoms with Gasteiger partial charge in [0.05, 0.1) is 4.92 Å². The molecule has 0 aromatic heterocycles. The quantitative estimate of drug-likeness (QED) is 0.627. The monoisotopic (exact) mass is 284 g/mol. The Labute approximate surface area is 125 Å². The van der Waals surface area contributed by atoms with E-state index in [4.69, 9.17) is 0 Å². The Bertz CT molecular complexity index is 611. The zero-order chi connectivity index (χ0) is 15.2. The van der Waals surface area contributed by atoms with E-state index in [1.54, 1.807) is 12.1 Å². The third kappa shape index (κ3) is 4.05. The molecule has 0 bridgehead atoms. The Morgan fingerprint density at radius 1 is 1.19 bits per heavy atom. The van der Waals surface area contributed by atoms with Crippen LogP contribution in [0, 0.1) is 17.0 Å². The zero-order valence-corrected chi connectivity index (χ0v) is 12.4. The van der Waals surface area contributed by atoms with E-state index in [0.717, 1.165) is 24.2 Å². The van der Waals surface area contributed by atoms with Crippen LogP contribution in [0.2, 0.25) is 0 Å². The van der Waals surface area contributed by atoms with Crippen LogP contribution in [0.3, 0.4) is 0 Å². The van der Waals surface area contributed by atoms with Crippen molar-refractivity contribution in [1.29, 1.82) is 0 Å². The second-order valence-corrected chi connectivity index (χ2v) is 5.28. The van der Waals surface area contributed by atoms with E-state index in [1.807, 2.05) is 13.0 Å². The van der Waals surface area contributed by atoms with E-state index in [9.17, 15) is 10.1 Å². The van der Waals surface area contributed by atoms with Gasteiger partial charge in [0.25, 0.3) is 5.69 Å². The zero-order valence-electron chi connectivity index (χ0n) is 12.4. The molecule has 4 heteroatoms. The Morgan fingerprint density at radius 3 is 2.52 bits per heavy atom. The van der Waals surface area contributed by atoms with Crippen LogP contribution in [0.1, 0.15) is 30.4 Å². The lowest BCUT2D eigenvalue weighted by Gasteiger charge is -2.14. The van der Waals surface area contributed by atoms with Crippen LogP contribution in [0.25, 0.3) is 0 Å². The Balaban J connectivity index is 1.90. The lowest BCUT2D eigenvalue weighted by atomic mass is 9.98. The Hall–Kier alpha value is -2.36. The fraction of sp³-hybridized carbons (Fsp3) is 0.294. The van der Waals surface area contributed by atoms with Crippen molar-refractivity contribution in [2.45, 2.75) is 26.2 Å². The van der Waals surface area contributed by atoms with E-state index >= 15 is 0 Å². The normalized spacial score (nSPS) is 11.9. The SMILES string of the molecule is Cc1cc([N+](=O)[O-])ccc1NCCC(C)c1ccccc1. The molecule has 0 saturated carbocycles. The van der Waals surface area contributed by atoms with Crippen molar-refractivity contribution in [1.82, 2.24) is 0 Å². The molecular formula is C17H20N2O2. The highest BCUT2D eigenvalue weighted by Gasteiger charge is 2.08. The van der Waals surface area contributed by atoms with Crippen molar-refractivity contribution in [3.8, 4) is 0 Å². The first-order chi connectivity index (χ1) is 10.1. The second kappa shape index (κ2) is 6.88. The minimum Gasteiger partial charge on any atom is -0.385 e. The summed E-state index contributed by atoms with van der Waals surface area (Å²) in [6.45, 7) is 4.93. The van der Waals surface area contributed by atoms with Crippen molar-refractivity contribution >= 4 is 11.4 Å². The van der Waals surface area contributed by atoms with E-state index in [-0.39, 0.29) is 10.6 Å². The van der Waals surface area contributed by atoms with Gasteiger partial charge in [0.15, 0.2) is 0 Å². The summed E-state index contributed by atoms with van der Waals surface area (Å²) in [5.74, 6) is 0.483. The molecule has 1 atom stereocenters. The summed E-state index contributed by atoms with van der Waals surface area (Å²) in [7, 11) is 0. The average Bonchev–Trinajstić information content (AvgIpc) is 2.49. The highest BCUT2D eigenvalue weighted by atomic mass is 16.6. The van der Waals surface area contributed by atoms with Gasteiger partial charge in [-0.1, -0.05) is 37.3 Å². The van der Waals surface area contributed by atoms with Gasteiger partial charge in [-0.05, 0) is 36.5 Å². The largest absolute Gasteiger partial charge is 0.385 e. The summed E-state index contributed by atoms with van der Waals surface area (Å²) in [5.41, 5.74) is 3.33. The number of nitro groups is 1. The molecule has 2 aromatic rings. The number of hydrogen-bond acceptors (Lipinski definition) is 3. The van der Waals surface area contributed by atoms with Gasteiger partial charge < -0.3 is 5.32 Å². The molecule has 21 heavy (non-hydrogen) atoms. The van der Waals surface area contributed by atoms with Gasteiger partial charge in [0.1, 0.15) is 0 Å². The smallest absolute Gasteiger partial charge is 0.269 e. The lowest BCUT2D eigenvalue weighted by Crippen LogP contribution is -2.07. The van der Waals surface area contributed by atoms with Crippen LogP contribution in [-0.4, -0.2) is 11.5 Å². The summed E-state index contributed by atoms with van der Waals surface area (Å²) in [5, 5.41) is 14.1. The summed E-state index contributed by atoms with van der Waals surface area (Å²) in [4.78, 5) is 10.3. The molecule has 0 amide bonds. The molecule has 2 rings (SSSR count). The molecular weight excluding hydrogens is 264 g/mol. The van der Waals surface area contributed by atoms with Gasteiger partial charge in [0.2, 0.25) is 0 Å². The highest BCUT2D eigenvalue weighted by Crippen LogP contribution is 2.22. The van der Waals surface area contributed by atoms with Crippen molar-refractivity contribution in [3.63, 3.8) is 0 Å². The standard InChI is InChI=1S/C17H20N2O2/c1-13(15-6-4-3-5-7-15)10-11-18-17-9-8-16(19(20)21)12-14(17)2/h3-9,12-13,18H,10-11H2,1-2H3. The van der Waals surface area contributed by atoms with Crippen LogP contribution in [0.5, 0.6) is 0 Å². The van der Waals surface area contributed by atoms with Crippen LogP contribution in [0.4, 0.5) is 11.4 Å². The number of anilines is 1. The summed E-state index contributed by atoms with van der Waals surface area (Å²) in [6, 6.07) is 15.3. The molecule has 4 nitrogen and oxygen atoms in total. The predicted octanol–water partition coefficient (Wildman–Crippen LogP) is 4.51. The van der Waals surface area contributed by atoms with Crippen molar-refractivity contribution < 1.29 is 4.92 Å². The lowest BCUT2D eigenvalue weighted by molar-refractivity contribution is -0.384. The fourth-order valence-electron chi connectivity index (χ4n) is 2.33. The average molecular weight is 284 g/mol. The molecule has 0 aliphatic carbocycles. The molecule has 0 aliphatic rings. The maximum atomic E-state index is 10.7. The van der Waals surface area contributed by atoms with Crippen LogP contribution >= 0.6 is 0 Å². The van der Waals surface area contributed by atoms with Crippen LogP contribution in [0.15, 0.2) is 48.5 Å². The van der Waals surface area contributed by atoms with Gasteiger partial charge in [-0.15, -0.1) is 0 Å². The number of nitrogens with one attached hydrogen (secondary N) is 1. The van der Waals surface area contributed by atoms with E-state index < -0.39 is 0 Å². The molecule has 0 fully saturated rings. The van der Waals surface area contributed by atoms with Crippen LogP contribution in [-0.2, 0) is 0 Å². The molecule has 0 radical (unpaired) electrons. The van der Waals surface area contributed by atoms with Crippen molar-refractivity contribution in [2.24, 2.45) is 0 Å². The van der Waals surface area contributed by atoms with E-state index in [2.05, 4.69) is 36.5 Å². The third-order valence-corrected chi connectivity index (χ3v) is 3.68. The number of benzene rings is 2. The number of nitro benzene ring substituents is 1. The van der Waals surface area contributed by atoms with Crippen molar-refractivity contribution in [2.75, 3.05) is 11.9 Å². The maximum absolute atomic E-state index is 10.7. The number of nitrogens with zero attached hydrogens (tertiary/aromatic N) is 1. The number of rotatable bonds is 6. The fourth-order valence-corrected chi connectivity index (χ4v) is 2.33. The summed E-state index contributed by atoms with van der Waals surface area (Å²) >= 11 is 0. The number of aryl methyl sites for hydroxylation is 1. The molecule has 110 valence electrons. The summed E-state index contributed by atoms with van der Waals surface area (Å²) in [6.07, 6.45) is 1.01. The molecule has 0 saturated heterocycles. The predicted molar refractivity (Wildman–Crippen MR) is 85.8 cm³/mol. The first-order valence-corrected chi connectivity index (χ1v) is 7.12. The number of hydrogen-bond donors (Lipinski definition) is 1. The maximum Gasteiger partial charge on any atom is 0.269 e. The second-order valence-electron chi connectivity index (χ2n) is 5.28. The van der Waals surface area contributed by atoms with Gasteiger partial charge in [-0.3, -0.25) is 10.1 Å². The molecule has 0 spiro atoms. The topological polar surface area (TPSA) is 55.2 Å². The Kier molecular flexibility index (Phi) is 4.93. The van der Waals surface area contributed by atoms with Crippen LogP contribution < -0.4 is 5.32 Å². The molecule has 0 aliphatic heterocycles. The third-order valence-electron chi connectivity index (χ3n) is 3.68. The van der Waals surface area contributed by atoms with Gasteiger partial charge in [-0.25, -0.2) is 0 Å². The van der Waals surface area contributed by atoms with Crippen molar-refractivity contribution in [3.05, 3.63) is 69.8 Å². The van der Waals surface area contributed by atoms with Gasteiger partial charge in [-0.2, -0.15) is 0 Å². The minimum atomic E-state index is -0.367. The molecule has 0 heterocycles. The Morgan fingerprint density at radius 2 is 1.90 bits per heavy atom. The van der Waals surface area contributed by atoms with Gasteiger partial charge in [0, 0.05) is 24.4 Å². The molecule has 1 N–H and O–H groups in total. The highest BCUT2D eigenvalue weighted by molar-refractivity contribution is 5.55. The minimum absolute atomic E-state index is 0.135. The molecule has 2 aromatic carbocycles. The number of non-ortho nitro benzene ring substituents is 1. The van der Waals surface area contributed by atoms with E-state index in [0.29, 0.717) is 5.92 Å². The molecule has 1 unspecified atom stereocenters. The van der Waals surface area contributed by atoms with Gasteiger partial charge >= 0.3 is 0 Å².